The zero-order valence-electron chi connectivity index (χ0n) is 17.2. The van der Waals surface area contributed by atoms with Gasteiger partial charge >= 0.3 is 0 Å². The molecule has 0 spiro atoms. The van der Waals surface area contributed by atoms with Crippen molar-refractivity contribution >= 4 is 0 Å². The fraction of sp³-hybridized carbons (Fsp3) is 0.545. The number of nitrogens with zero attached hydrogens (tertiary/aromatic N) is 2. The van der Waals surface area contributed by atoms with Gasteiger partial charge in [0.15, 0.2) is 11.5 Å². The van der Waals surface area contributed by atoms with Gasteiger partial charge in [-0.15, -0.1) is 0 Å². The fourth-order valence-electron chi connectivity index (χ4n) is 4.55. The normalized spacial score (nSPS) is 17.7. The Bertz CT molecular complexity index is 934. The van der Waals surface area contributed by atoms with Crippen molar-refractivity contribution in [2.24, 2.45) is 0 Å². The number of methoxy groups -OCH3 is 2. The summed E-state index contributed by atoms with van der Waals surface area (Å²) < 4.78 is 10.5. The van der Waals surface area contributed by atoms with E-state index >= 15 is 0 Å². The van der Waals surface area contributed by atoms with Gasteiger partial charge in [0, 0.05) is 32.0 Å². The van der Waals surface area contributed by atoms with E-state index in [1.54, 1.807) is 13.2 Å². The number of phenolic OH excluding ortho intramolecular Hbond substituents is 1. The highest BCUT2D eigenvalue weighted by Gasteiger charge is 2.25. The zero-order valence-corrected chi connectivity index (χ0v) is 17.2. The number of aromatic nitrogens is 2. The SMILES string of the molecule is COc1cc(CN2CCc3nc(C4CCCCC4)[nH]c(=O)c3C2)cc(O)c1OC. The van der Waals surface area contributed by atoms with Crippen LogP contribution in [0.1, 0.15) is 60.7 Å². The molecule has 1 aliphatic heterocycles. The van der Waals surface area contributed by atoms with Crippen LogP contribution in [0.4, 0.5) is 0 Å². The van der Waals surface area contributed by atoms with Crippen LogP contribution in [-0.2, 0) is 19.5 Å². The number of nitrogens with one attached hydrogen (secondary N) is 1. The number of hydrogen-bond acceptors (Lipinski definition) is 6. The molecule has 156 valence electrons. The average molecular weight is 399 g/mol. The summed E-state index contributed by atoms with van der Waals surface area (Å²) in [5.41, 5.74) is 2.61. The van der Waals surface area contributed by atoms with Gasteiger partial charge in [0.05, 0.1) is 25.5 Å². The van der Waals surface area contributed by atoms with Gasteiger partial charge in [-0.25, -0.2) is 4.98 Å². The summed E-state index contributed by atoms with van der Waals surface area (Å²) in [6.45, 7) is 1.98. The lowest BCUT2D eigenvalue weighted by molar-refractivity contribution is 0.240. The first kappa shape index (κ1) is 19.8. The molecule has 2 aliphatic rings. The highest BCUT2D eigenvalue weighted by Crippen LogP contribution is 2.38. The lowest BCUT2D eigenvalue weighted by Gasteiger charge is -2.29. The highest BCUT2D eigenvalue weighted by atomic mass is 16.5. The van der Waals surface area contributed by atoms with E-state index in [1.165, 1.54) is 26.4 Å². The molecular weight excluding hydrogens is 370 g/mol. The topological polar surface area (TPSA) is 87.7 Å². The largest absolute Gasteiger partial charge is 0.504 e. The Morgan fingerprint density at radius 2 is 2.00 bits per heavy atom. The standard InChI is InChI=1S/C22H29N3O4/c1-28-19-11-14(10-18(26)20(19)29-2)12-25-9-8-17-16(13-25)22(27)24-21(23-17)15-6-4-3-5-7-15/h10-11,15,26H,3-9,12-13H2,1-2H3,(H,23,24,27). The highest BCUT2D eigenvalue weighted by molar-refractivity contribution is 5.53. The summed E-state index contributed by atoms with van der Waals surface area (Å²) in [6, 6.07) is 3.55. The molecule has 1 aromatic carbocycles. The van der Waals surface area contributed by atoms with E-state index in [2.05, 4.69) is 9.88 Å². The Morgan fingerprint density at radius 1 is 1.21 bits per heavy atom. The summed E-state index contributed by atoms with van der Waals surface area (Å²) in [7, 11) is 3.05. The quantitative estimate of drug-likeness (QED) is 0.803. The van der Waals surface area contributed by atoms with Crippen LogP contribution in [0.5, 0.6) is 17.2 Å². The van der Waals surface area contributed by atoms with Crippen LogP contribution in [0.15, 0.2) is 16.9 Å². The van der Waals surface area contributed by atoms with E-state index in [0.717, 1.165) is 48.5 Å². The number of aromatic hydroxyl groups is 1. The molecular formula is C22H29N3O4. The first-order valence-electron chi connectivity index (χ1n) is 10.4. The van der Waals surface area contributed by atoms with Crippen LogP contribution in [0, 0.1) is 0 Å². The third-order valence-corrected chi connectivity index (χ3v) is 6.08. The van der Waals surface area contributed by atoms with E-state index in [9.17, 15) is 9.90 Å². The maximum Gasteiger partial charge on any atom is 0.255 e. The summed E-state index contributed by atoms with van der Waals surface area (Å²) in [6.07, 6.45) is 6.73. The molecule has 1 fully saturated rings. The molecule has 7 heteroatoms. The number of ether oxygens (including phenoxy) is 2. The lowest BCUT2D eigenvalue weighted by Crippen LogP contribution is -2.36. The molecule has 4 rings (SSSR count). The minimum absolute atomic E-state index is 0.00423. The molecule has 0 atom stereocenters. The summed E-state index contributed by atoms with van der Waals surface area (Å²) in [4.78, 5) is 22.9. The van der Waals surface area contributed by atoms with Crippen molar-refractivity contribution in [1.29, 1.82) is 0 Å². The van der Waals surface area contributed by atoms with Crippen LogP contribution in [0.3, 0.4) is 0 Å². The summed E-state index contributed by atoms with van der Waals surface area (Å²) in [5, 5.41) is 10.2. The molecule has 2 heterocycles. The van der Waals surface area contributed by atoms with Crippen molar-refractivity contribution in [3.63, 3.8) is 0 Å². The third-order valence-electron chi connectivity index (χ3n) is 6.08. The first-order valence-corrected chi connectivity index (χ1v) is 10.4. The monoisotopic (exact) mass is 399 g/mol. The number of H-pyrrole nitrogens is 1. The van der Waals surface area contributed by atoms with Crippen molar-refractivity contribution in [2.45, 2.75) is 57.5 Å². The molecule has 1 aromatic heterocycles. The predicted molar refractivity (Wildman–Crippen MR) is 110 cm³/mol. The summed E-state index contributed by atoms with van der Waals surface area (Å²) >= 11 is 0. The van der Waals surface area contributed by atoms with E-state index in [0.29, 0.717) is 30.5 Å². The van der Waals surface area contributed by atoms with Crippen molar-refractivity contribution < 1.29 is 14.6 Å². The smallest absolute Gasteiger partial charge is 0.255 e. The van der Waals surface area contributed by atoms with Crippen molar-refractivity contribution in [3.05, 3.63) is 45.1 Å². The Kier molecular flexibility index (Phi) is 5.76. The Hall–Kier alpha value is -2.54. The molecule has 7 nitrogen and oxygen atoms in total. The number of aromatic amines is 1. The van der Waals surface area contributed by atoms with Gasteiger partial charge in [-0.1, -0.05) is 19.3 Å². The van der Waals surface area contributed by atoms with Gasteiger partial charge in [-0.05, 0) is 30.5 Å². The van der Waals surface area contributed by atoms with Crippen LogP contribution in [-0.4, -0.2) is 40.7 Å². The maximum absolute atomic E-state index is 12.8. The van der Waals surface area contributed by atoms with Crippen LogP contribution in [0.25, 0.3) is 0 Å². The van der Waals surface area contributed by atoms with Crippen molar-refractivity contribution in [1.82, 2.24) is 14.9 Å². The lowest BCUT2D eigenvalue weighted by atomic mass is 9.88. The van der Waals surface area contributed by atoms with Crippen molar-refractivity contribution in [2.75, 3.05) is 20.8 Å². The molecule has 1 saturated carbocycles. The second-order valence-electron chi connectivity index (χ2n) is 8.02. The first-order chi connectivity index (χ1) is 14.1. The molecule has 2 N–H and O–H groups in total. The number of phenols is 1. The second kappa shape index (κ2) is 8.45. The maximum atomic E-state index is 12.8. The van der Waals surface area contributed by atoms with Gasteiger partial charge in [0.2, 0.25) is 5.75 Å². The Balaban J connectivity index is 1.52. The molecule has 0 amide bonds. The predicted octanol–water partition coefficient (Wildman–Crippen LogP) is 3.10. The van der Waals surface area contributed by atoms with Gasteiger partial charge in [0.25, 0.3) is 5.56 Å². The second-order valence-corrected chi connectivity index (χ2v) is 8.02. The molecule has 0 unspecified atom stereocenters. The minimum Gasteiger partial charge on any atom is -0.504 e. The number of hydrogen-bond donors (Lipinski definition) is 2. The van der Waals surface area contributed by atoms with Crippen LogP contribution in [0.2, 0.25) is 0 Å². The van der Waals surface area contributed by atoms with Gasteiger partial charge in [-0.2, -0.15) is 0 Å². The van der Waals surface area contributed by atoms with E-state index in [-0.39, 0.29) is 11.3 Å². The molecule has 0 radical (unpaired) electrons. The average Bonchev–Trinajstić information content (AvgIpc) is 2.74. The minimum atomic E-state index is -0.00423. The fourth-order valence-corrected chi connectivity index (χ4v) is 4.55. The van der Waals surface area contributed by atoms with E-state index < -0.39 is 0 Å². The third kappa shape index (κ3) is 4.10. The number of benzene rings is 1. The van der Waals surface area contributed by atoms with Crippen molar-refractivity contribution in [3.8, 4) is 17.2 Å². The zero-order chi connectivity index (χ0) is 20.4. The summed E-state index contributed by atoms with van der Waals surface area (Å²) in [5.74, 6) is 2.16. The molecule has 29 heavy (non-hydrogen) atoms. The number of fused-ring (bicyclic) bond motifs is 1. The van der Waals surface area contributed by atoms with Gasteiger partial charge < -0.3 is 19.6 Å². The van der Waals surface area contributed by atoms with E-state index in [1.807, 2.05) is 6.07 Å². The molecule has 2 aromatic rings. The van der Waals surface area contributed by atoms with Crippen LogP contribution < -0.4 is 15.0 Å². The van der Waals surface area contributed by atoms with Gasteiger partial charge in [-0.3, -0.25) is 9.69 Å². The van der Waals surface area contributed by atoms with E-state index in [4.69, 9.17) is 14.5 Å². The Labute approximate surface area is 170 Å². The molecule has 0 saturated heterocycles. The van der Waals surface area contributed by atoms with Gasteiger partial charge in [0.1, 0.15) is 5.82 Å². The Morgan fingerprint density at radius 3 is 2.72 bits per heavy atom. The molecule has 0 bridgehead atoms. The molecule has 1 aliphatic carbocycles. The van der Waals surface area contributed by atoms with Crippen LogP contribution >= 0.6 is 0 Å². The number of rotatable bonds is 5.